The van der Waals surface area contributed by atoms with E-state index >= 15 is 0 Å². The highest BCUT2D eigenvalue weighted by molar-refractivity contribution is 5.97. The lowest BCUT2D eigenvalue weighted by Crippen LogP contribution is -2.57. The fourth-order valence-corrected chi connectivity index (χ4v) is 4.93. The zero-order chi connectivity index (χ0) is 25.2. The predicted molar refractivity (Wildman–Crippen MR) is 126 cm³/mol. The van der Waals surface area contributed by atoms with E-state index in [0.717, 1.165) is 24.4 Å². The van der Waals surface area contributed by atoms with Crippen LogP contribution in [0.25, 0.3) is 0 Å². The van der Waals surface area contributed by atoms with Crippen LogP contribution in [-0.4, -0.2) is 96.1 Å². The van der Waals surface area contributed by atoms with Crippen LogP contribution in [0.2, 0.25) is 0 Å². The Labute approximate surface area is 208 Å². The van der Waals surface area contributed by atoms with Gasteiger partial charge in [-0.25, -0.2) is 0 Å². The number of fused-ring (bicyclic) bond motifs is 2. The second-order valence-electron chi connectivity index (χ2n) is 9.45. The van der Waals surface area contributed by atoms with Crippen LogP contribution < -0.4 is 9.47 Å². The van der Waals surface area contributed by atoms with E-state index in [2.05, 4.69) is 17.0 Å². The fourth-order valence-electron chi connectivity index (χ4n) is 4.93. The van der Waals surface area contributed by atoms with Gasteiger partial charge in [-0.05, 0) is 29.7 Å². The van der Waals surface area contributed by atoms with Gasteiger partial charge in [0.15, 0.2) is 0 Å². The van der Waals surface area contributed by atoms with Crippen molar-refractivity contribution in [2.24, 2.45) is 0 Å². The Morgan fingerprint density at radius 2 is 1.89 bits per heavy atom. The number of hydrogen-bond donors (Lipinski definition) is 1. The van der Waals surface area contributed by atoms with Crippen molar-refractivity contribution in [1.29, 1.82) is 0 Å². The Kier molecular flexibility index (Phi) is 7.06. The molecular formula is C26H29F2N3O5. The molecule has 3 aliphatic heterocycles. The van der Waals surface area contributed by atoms with E-state index in [0.29, 0.717) is 30.2 Å². The van der Waals surface area contributed by atoms with Crippen LogP contribution in [0.4, 0.5) is 8.78 Å². The number of rotatable bonds is 7. The highest BCUT2D eigenvalue weighted by Gasteiger charge is 2.36. The van der Waals surface area contributed by atoms with Gasteiger partial charge in [-0.1, -0.05) is 24.3 Å². The predicted octanol–water partition coefficient (Wildman–Crippen LogP) is 1.80. The lowest BCUT2D eigenvalue weighted by molar-refractivity contribution is -0.151. The molecule has 5 rings (SSSR count). The zero-order valence-electron chi connectivity index (χ0n) is 19.8. The number of benzene rings is 2. The van der Waals surface area contributed by atoms with Gasteiger partial charge < -0.3 is 24.4 Å². The number of alkyl halides is 2. The minimum Gasteiger partial charge on any atom is -0.491 e. The van der Waals surface area contributed by atoms with Gasteiger partial charge in [-0.15, -0.1) is 0 Å². The number of ether oxygens (including phenoxy) is 2. The third kappa shape index (κ3) is 5.29. The van der Waals surface area contributed by atoms with E-state index in [-0.39, 0.29) is 38.3 Å². The molecule has 8 nitrogen and oxygen atoms in total. The number of nitrogens with zero attached hydrogens (tertiary/aromatic N) is 3. The van der Waals surface area contributed by atoms with Gasteiger partial charge in [-0.3, -0.25) is 14.5 Å². The number of likely N-dealkylation sites (tertiary alicyclic amines) is 1. The normalized spacial score (nSPS) is 19.2. The molecule has 1 saturated heterocycles. The molecule has 1 fully saturated rings. The van der Waals surface area contributed by atoms with Crippen LogP contribution in [0, 0.1) is 0 Å². The summed E-state index contributed by atoms with van der Waals surface area (Å²) in [6.07, 6.45) is -3.16. The first kappa shape index (κ1) is 24.5. The standard InChI is InChI=1S/C26H29F2N3O5/c27-24(28)26(34)31-15-21(16-31)36-20-5-6-22-23(11-20)35-10-9-30(25(22)33)14-19(32)13-29-8-7-17-3-1-2-4-18(17)12-29/h1-6,11,19,21,24,32H,7-10,12-16H2. The number of carbonyl (C=O) groups excluding carboxylic acids is 2. The number of halogens is 2. The average molecular weight is 502 g/mol. The third-order valence-electron chi connectivity index (χ3n) is 6.85. The van der Waals surface area contributed by atoms with Gasteiger partial charge in [-0.2, -0.15) is 8.78 Å². The first-order valence-corrected chi connectivity index (χ1v) is 12.1. The van der Waals surface area contributed by atoms with Gasteiger partial charge >= 0.3 is 6.43 Å². The second-order valence-corrected chi connectivity index (χ2v) is 9.45. The molecule has 2 aromatic rings. The SMILES string of the molecule is O=C1c2ccc(OC3CN(C(=O)C(F)F)C3)cc2OCCN1CC(O)CN1CCc2ccccc2C1. The Morgan fingerprint density at radius 1 is 1.11 bits per heavy atom. The zero-order valence-corrected chi connectivity index (χ0v) is 19.8. The molecule has 1 atom stereocenters. The maximum absolute atomic E-state index is 13.2. The number of aliphatic hydroxyl groups is 1. The first-order valence-electron chi connectivity index (χ1n) is 12.1. The van der Waals surface area contributed by atoms with Crippen molar-refractivity contribution >= 4 is 11.8 Å². The fraction of sp³-hybridized carbons (Fsp3) is 0.462. The van der Waals surface area contributed by atoms with Crippen molar-refractivity contribution in [1.82, 2.24) is 14.7 Å². The minimum absolute atomic E-state index is 0.0916. The minimum atomic E-state index is -3.02. The molecule has 0 radical (unpaired) electrons. The Hall–Kier alpha value is -3.24. The average Bonchev–Trinajstić information content (AvgIpc) is 2.99. The summed E-state index contributed by atoms with van der Waals surface area (Å²) < 4.78 is 36.5. The van der Waals surface area contributed by atoms with Gasteiger partial charge in [0.1, 0.15) is 24.2 Å². The van der Waals surface area contributed by atoms with E-state index in [1.807, 2.05) is 12.1 Å². The summed E-state index contributed by atoms with van der Waals surface area (Å²) in [5, 5.41) is 10.8. The summed E-state index contributed by atoms with van der Waals surface area (Å²) in [5.41, 5.74) is 3.00. The molecule has 36 heavy (non-hydrogen) atoms. The number of β-amino-alcohol motifs (C(OH)–C–C–N with tert-alkyl or cyclic N) is 1. The molecule has 10 heteroatoms. The summed E-state index contributed by atoms with van der Waals surface area (Å²) >= 11 is 0. The summed E-state index contributed by atoms with van der Waals surface area (Å²) in [4.78, 5) is 29.3. The summed E-state index contributed by atoms with van der Waals surface area (Å²) in [6.45, 7) is 3.13. The molecule has 2 amide bonds. The maximum Gasteiger partial charge on any atom is 0.315 e. The first-order chi connectivity index (χ1) is 17.4. The van der Waals surface area contributed by atoms with Crippen LogP contribution >= 0.6 is 0 Å². The quantitative estimate of drug-likeness (QED) is 0.623. The maximum atomic E-state index is 13.2. The van der Waals surface area contributed by atoms with E-state index < -0.39 is 18.4 Å². The number of carbonyl (C=O) groups is 2. The molecule has 3 aliphatic rings. The van der Waals surface area contributed by atoms with Crippen molar-refractivity contribution in [2.75, 3.05) is 45.9 Å². The Bertz CT molecular complexity index is 1120. The van der Waals surface area contributed by atoms with Crippen molar-refractivity contribution < 1.29 is 33.0 Å². The Balaban J connectivity index is 1.16. The molecule has 0 saturated carbocycles. The van der Waals surface area contributed by atoms with Crippen molar-refractivity contribution in [3.8, 4) is 11.5 Å². The van der Waals surface area contributed by atoms with Gasteiger partial charge in [0.05, 0.1) is 31.3 Å². The Morgan fingerprint density at radius 3 is 2.67 bits per heavy atom. The summed E-state index contributed by atoms with van der Waals surface area (Å²) in [7, 11) is 0. The third-order valence-corrected chi connectivity index (χ3v) is 6.85. The number of amides is 2. The van der Waals surface area contributed by atoms with E-state index in [4.69, 9.17) is 9.47 Å². The topological polar surface area (TPSA) is 82.5 Å². The molecule has 0 aromatic heterocycles. The van der Waals surface area contributed by atoms with Crippen LogP contribution in [0.5, 0.6) is 11.5 Å². The highest BCUT2D eigenvalue weighted by atomic mass is 19.3. The van der Waals surface area contributed by atoms with Gasteiger partial charge in [0.25, 0.3) is 11.8 Å². The van der Waals surface area contributed by atoms with Gasteiger partial charge in [0, 0.05) is 32.2 Å². The second kappa shape index (κ2) is 10.4. The molecule has 0 spiro atoms. The van der Waals surface area contributed by atoms with Crippen LogP contribution in [0.15, 0.2) is 42.5 Å². The lowest BCUT2D eigenvalue weighted by atomic mass is 10.00. The largest absolute Gasteiger partial charge is 0.491 e. The molecule has 1 N–H and O–H groups in total. The van der Waals surface area contributed by atoms with Crippen LogP contribution in [0.3, 0.4) is 0 Å². The molecular weight excluding hydrogens is 472 g/mol. The molecule has 1 unspecified atom stereocenters. The van der Waals surface area contributed by atoms with Crippen molar-refractivity contribution in [3.05, 3.63) is 59.2 Å². The number of hydrogen-bond acceptors (Lipinski definition) is 6. The van der Waals surface area contributed by atoms with E-state index in [1.54, 1.807) is 23.1 Å². The summed E-state index contributed by atoms with van der Waals surface area (Å²) in [6, 6.07) is 13.2. The lowest BCUT2D eigenvalue weighted by Gasteiger charge is -2.38. The number of aliphatic hydroxyl groups excluding tert-OH is 1. The summed E-state index contributed by atoms with van der Waals surface area (Å²) in [5.74, 6) is -0.607. The molecule has 3 heterocycles. The van der Waals surface area contributed by atoms with E-state index in [9.17, 15) is 23.5 Å². The van der Waals surface area contributed by atoms with Gasteiger partial charge in [0.2, 0.25) is 0 Å². The molecule has 192 valence electrons. The highest BCUT2D eigenvalue weighted by Crippen LogP contribution is 2.30. The smallest absolute Gasteiger partial charge is 0.315 e. The van der Waals surface area contributed by atoms with Crippen LogP contribution in [-0.2, 0) is 17.8 Å². The monoisotopic (exact) mass is 501 g/mol. The van der Waals surface area contributed by atoms with Crippen LogP contribution in [0.1, 0.15) is 21.5 Å². The molecule has 0 bridgehead atoms. The molecule has 0 aliphatic carbocycles. The van der Waals surface area contributed by atoms with Crippen molar-refractivity contribution in [2.45, 2.75) is 31.6 Å². The molecule has 2 aromatic carbocycles. The van der Waals surface area contributed by atoms with E-state index in [1.165, 1.54) is 11.1 Å². The van der Waals surface area contributed by atoms with Crippen molar-refractivity contribution in [3.63, 3.8) is 0 Å².